The fourth-order valence-corrected chi connectivity index (χ4v) is 3.61. The molecule has 0 spiro atoms. The highest BCUT2D eigenvalue weighted by Gasteiger charge is 2.28. The van der Waals surface area contributed by atoms with Crippen LogP contribution in [-0.2, 0) is 4.79 Å². The number of aryl methyl sites for hydroxylation is 1. The van der Waals surface area contributed by atoms with E-state index in [9.17, 15) is 14.3 Å². The van der Waals surface area contributed by atoms with E-state index in [1.165, 1.54) is 12.3 Å². The molecule has 0 aromatic carbocycles. The zero-order chi connectivity index (χ0) is 21.3. The lowest BCUT2D eigenvalue weighted by molar-refractivity contribution is -0.143. The average Bonchev–Trinajstić information content (AvgIpc) is 3.17. The maximum atomic E-state index is 13.7. The van der Waals surface area contributed by atoms with Gasteiger partial charge >= 0.3 is 0 Å². The first-order valence-electron chi connectivity index (χ1n) is 9.77. The van der Waals surface area contributed by atoms with Crippen molar-refractivity contribution in [3.63, 3.8) is 0 Å². The molecule has 1 fully saturated rings. The van der Waals surface area contributed by atoms with E-state index in [-0.39, 0.29) is 11.9 Å². The molecule has 9 nitrogen and oxygen atoms in total. The molecule has 1 unspecified atom stereocenters. The lowest BCUT2D eigenvalue weighted by atomic mass is 10.0. The average molecular weight is 414 g/mol. The highest BCUT2D eigenvalue weighted by Crippen LogP contribution is 2.23. The molecule has 3 N–H and O–H groups in total. The molecule has 1 aliphatic rings. The molecule has 0 bridgehead atoms. The number of hydrogen-bond donors (Lipinski definition) is 3. The molecule has 2 atom stereocenters. The van der Waals surface area contributed by atoms with Crippen LogP contribution < -0.4 is 5.32 Å². The van der Waals surface area contributed by atoms with Crippen molar-refractivity contribution < 1.29 is 19.4 Å². The van der Waals surface area contributed by atoms with Crippen LogP contribution in [0, 0.1) is 12.7 Å². The number of aliphatic hydroxyl groups excluding tert-OH is 2. The maximum absolute atomic E-state index is 13.7. The molecule has 158 valence electrons. The first kappa shape index (κ1) is 20.2. The molecular formula is C20H23FN6O3. The zero-order valence-electron chi connectivity index (χ0n) is 16.5. The van der Waals surface area contributed by atoms with Gasteiger partial charge in [-0.2, -0.15) is 0 Å². The minimum Gasteiger partial charge on any atom is -0.393 e. The Morgan fingerprint density at radius 1 is 1.37 bits per heavy atom. The van der Waals surface area contributed by atoms with E-state index in [0.717, 1.165) is 18.4 Å². The highest BCUT2D eigenvalue weighted by atomic mass is 19.1. The topological polar surface area (TPSA) is 116 Å². The van der Waals surface area contributed by atoms with Gasteiger partial charge in [0.05, 0.1) is 12.8 Å². The molecule has 30 heavy (non-hydrogen) atoms. The summed E-state index contributed by atoms with van der Waals surface area (Å²) < 4.78 is 15.3. The minimum atomic E-state index is -1.40. The Hall–Kier alpha value is -3.11. The van der Waals surface area contributed by atoms with E-state index >= 15 is 0 Å². The van der Waals surface area contributed by atoms with Gasteiger partial charge in [-0.05, 0) is 31.9 Å². The van der Waals surface area contributed by atoms with Gasteiger partial charge in [-0.25, -0.2) is 19.3 Å². The van der Waals surface area contributed by atoms with E-state index in [1.54, 1.807) is 27.8 Å². The van der Waals surface area contributed by atoms with Crippen LogP contribution in [-0.4, -0.2) is 72.2 Å². The number of likely N-dealkylation sites (tertiary alicyclic amines) is 1. The van der Waals surface area contributed by atoms with Crippen molar-refractivity contribution in [2.75, 3.05) is 25.0 Å². The van der Waals surface area contributed by atoms with Crippen LogP contribution in [0.25, 0.3) is 17.2 Å². The maximum Gasteiger partial charge on any atom is 0.253 e. The predicted molar refractivity (Wildman–Crippen MR) is 107 cm³/mol. The van der Waals surface area contributed by atoms with Gasteiger partial charge in [-0.3, -0.25) is 9.20 Å². The van der Waals surface area contributed by atoms with Crippen molar-refractivity contribution in [2.45, 2.75) is 31.9 Å². The summed E-state index contributed by atoms with van der Waals surface area (Å²) in [6.45, 7) is 2.22. The number of aliphatic hydroxyl groups is 2. The third-order valence-corrected chi connectivity index (χ3v) is 5.20. The molecule has 3 aromatic heterocycles. The second kappa shape index (κ2) is 8.33. The number of nitrogens with zero attached hydrogens (tertiary/aromatic N) is 5. The predicted octanol–water partition coefficient (Wildman–Crippen LogP) is 0.995. The number of fused-ring (bicyclic) bond motifs is 1. The number of carbonyl (C=O) groups excluding carboxylic acids is 1. The van der Waals surface area contributed by atoms with Gasteiger partial charge in [0.1, 0.15) is 23.0 Å². The largest absolute Gasteiger partial charge is 0.393 e. The molecule has 10 heteroatoms. The molecule has 0 radical (unpaired) electrons. The van der Waals surface area contributed by atoms with Crippen molar-refractivity contribution in [3.8, 4) is 11.5 Å². The summed E-state index contributed by atoms with van der Waals surface area (Å²) in [5.41, 5.74) is 1.99. The Bertz CT molecular complexity index is 1070. The van der Waals surface area contributed by atoms with Crippen molar-refractivity contribution in [1.29, 1.82) is 0 Å². The summed E-state index contributed by atoms with van der Waals surface area (Å²) in [5, 5.41) is 22.0. The molecule has 4 heterocycles. The number of rotatable bonds is 5. The SMILES string of the molecule is Cc1cnc(-c2cnc3ccc(F)cn23)nc1NC1CCCN(C(=O)[C@H](O)CO)C1. The summed E-state index contributed by atoms with van der Waals surface area (Å²) in [7, 11) is 0. The first-order valence-corrected chi connectivity index (χ1v) is 9.77. The van der Waals surface area contributed by atoms with Crippen LogP contribution in [0.5, 0.6) is 0 Å². The number of piperidine rings is 1. The molecule has 0 saturated carbocycles. The molecule has 1 amide bonds. The zero-order valence-corrected chi connectivity index (χ0v) is 16.5. The van der Waals surface area contributed by atoms with E-state index in [0.29, 0.717) is 36.1 Å². The number of carbonyl (C=O) groups is 1. The lowest BCUT2D eigenvalue weighted by Gasteiger charge is -2.34. The number of imidazole rings is 1. The van der Waals surface area contributed by atoms with Crippen molar-refractivity contribution in [2.24, 2.45) is 0 Å². The fourth-order valence-electron chi connectivity index (χ4n) is 3.61. The fraction of sp³-hybridized carbons (Fsp3) is 0.400. The molecule has 4 rings (SSSR count). The van der Waals surface area contributed by atoms with Crippen LogP contribution >= 0.6 is 0 Å². The summed E-state index contributed by atoms with van der Waals surface area (Å²) in [5.74, 6) is 0.162. The Morgan fingerprint density at radius 3 is 3.00 bits per heavy atom. The number of aromatic nitrogens is 4. The van der Waals surface area contributed by atoms with Crippen LogP contribution in [0.15, 0.2) is 30.7 Å². The van der Waals surface area contributed by atoms with Gasteiger partial charge in [0, 0.05) is 37.1 Å². The van der Waals surface area contributed by atoms with Gasteiger partial charge in [0.25, 0.3) is 5.91 Å². The van der Waals surface area contributed by atoms with Gasteiger partial charge in [-0.1, -0.05) is 0 Å². The van der Waals surface area contributed by atoms with Crippen LogP contribution in [0.3, 0.4) is 0 Å². The van der Waals surface area contributed by atoms with E-state index in [1.807, 2.05) is 6.92 Å². The van der Waals surface area contributed by atoms with E-state index < -0.39 is 18.6 Å². The Balaban J connectivity index is 1.56. The van der Waals surface area contributed by atoms with Crippen molar-refractivity contribution in [3.05, 3.63) is 42.1 Å². The van der Waals surface area contributed by atoms with Crippen LogP contribution in [0.1, 0.15) is 18.4 Å². The van der Waals surface area contributed by atoms with E-state index in [2.05, 4.69) is 20.3 Å². The summed E-state index contributed by atoms with van der Waals surface area (Å²) in [6, 6.07) is 2.87. The normalized spacial score (nSPS) is 17.9. The summed E-state index contributed by atoms with van der Waals surface area (Å²) in [4.78, 5) is 27.0. The van der Waals surface area contributed by atoms with E-state index in [4.69, 9.17) is 5.11 Å². The summed E-state index contributed by atoms with van der Waals surface area (Å²) in [6.07, 6.45) is 4.83. The van der Waals surface area contributed by atoms with Crippen LogP contribution in [0.2, 0.25) is 0 Å². The minimum absolute atomic E-state index is 0.0605. The highest BCUT2D eigenvalue weighted by molar-refractivity contribution is 5.81. The third-order valence-electron chi connectivity index (χ3n) is 5.20. The van der Waals surface area contributed by atoms with Gasteiger partial charge in [-0.15, -0.1) is 0 Å². The Morgan fingerprint density at radius 2 is 2.20 bits per heavy atom. The Kier molecular flexibility index (Phi) is 5.60. The number of halogens is 1. The second-order valence-corrected chi connectivity index (χ2v) is 7.41. The third kappa shape index (κ3) is 3.96. The first-order chi connectivity index (χ1) is 14.5. The van der Waals surface area contributed by atoms with Crippen molar-refractivity contribution in [1.82, 2.24) is 24.3 Å². The summed E-state index contributed by atoms with van der Waals surface area (Å²) >= 11 is 0. The molecule has 3 aromatic rings. The quantitative estimate of drug-likeness (QED) is 0.570. The number of pyridine rings is 1. The van der Waals surface area contributed by atoms with Crippen LogP contribution in [0.4, 0.5) is 10.2 Å². The van der Waals surface area contributed by atoms with Gasteiger partial charge in [0.2, 0.25) is 0 Å². The second-order valence-electron chi connectivity index (χ2n) is 7.41. The lowest BCUT2D eigenvalue weighted by Crippen LogP contribution is -2.49. The van der Waals surface area contributed by atoms with Gasteiger partial charge < -0.3 is 20.4 Å². The Labute approximate surface area is 172 Å². The molecule has 0 aliphatic carbocycles. The number of anilines is 1. The molecule has 1 aliphatic heterocycles. The van der Waals surface area contributed by atoms with Crippen molar-refractivity contribution >= 4 is 17.4 Å². The number of hydrogen-bond acceptors (Lipinski definition) is 7. The smallest absolute Gasteiger partial charge is 0.253 e. The monoisotopic (exact) mass is 414 g/mol. The molecule has 1 saturated heterocycles. The molecular weight excluding hydrogens is 391 g/mol. The standard InChI is InChI=1S/C20H23FN6O3/c1-12-7-23-19(15-8-22-17-5-4-13(21)9-27(15)17)25-18(12)24-14-3-2-6-26(10-14)20(30)16(29)11-28/h4-5,7-9,14,16,28-29H,2-3,6,10-11H2,1H3,(H,23,24,25)/t14?,16-/m1/s1. The van der Waals surface area contributed by atoms with Gasteiger partial charge in [0.15, 0.2) is 11.9 Å². The number of amides is 1. The number of nitrogens with one attached hydrogen (secondary N) is 1.